The van der Waals surface area contributed by atoms with E-state index in [1.54, 1.807) is 32.4 Å². The van der Waals surface area contributed by atoms with E-state index in [1.807, 2.05) is 12.1 Å². The van der Waals surface area contributed by atoms with Crippen molar-refractivity contribution in [3.63, 3.8) is 0 Å². The van der Waals surface area contributed by atoms with Crippen LogP contribution in [0.15, 0.2) is 65.0 Å². The number of allylic oxidation sites excluding steroid dienone is 4. The standard InChI is InChI=1S/C34H40N2O7/c1-33(2)16-24-31(26(37)18-33)30(32-25(35(24)12-13-41-5)17-34(3,4)19-27(32)38)22-10-11-28(29(15-22)42-6)43-20-21-8-7-9-23(14-21)36(39)40/h7-11,14-15,30H,12-13,16-20H2,1-6H3. The van der Waals surface area contributed by atoms with Gasteiger partial charge in [0.05, 0.1) is 18.6 Å². The largest absolute Gasteiger partial charge is 0.493 e. The number of methoxy groups -OCH3 is 2. The number of benzene rings is 2. The number of non-ortho nitro benzene ring substituents is 1. The Bertz CT molecular complexity index is 1480. The first kappa shape index (κ1) is 30.5. The molecular formula is C34H40N2O7. The van der Waals surface area contributed by atoms with E-state index in [1.165, 1.54) is 12.1 Å². The predicted molar refractivity (Wildman–Crippen MR) is 162 cm³/mol. The zero-order chi connectivity index (χ0) is 31.1. The molecule has 0 saturated heterocycles. The summed E-state index contributed by atoms with van der Waals surface area (Å²) in [6, 6.07) is 11.8. The topological polar surface area (TPSA) is 108 Å². The van der Waals surface area contributed by atoms with Crippen molar-refractivity contribution in [3.8, 4) is 11.5 Å². The molecule has 0 radical (unpaired) electrons. The third kappa shape index (κ3) is 6.09. The second kappa shape index (κ2) is 11.6. The van der Waals surface area contributed by atoms with Crippen LogP contribution in [0.4, 0.5) is 5.69 Å². The number of carbonyl (C=O) groups is 2. The highest BCUT2D eigenvalue weighted by atomic mass is 16.6. The van der Waals surface area contributed by atoms with E-state index in [4.69, 9.17) is 14.2 Å². The molecule has 2 aliphatic carbocycles. The summed E-state index contributed by atoms with van der Waals surface area (Å²) in [7, 11) is 3.21. The third-order valence-corrected chi connectivity index (χ3v) is 8.58. The van der Waals surface area contributed by atoms with Crippen molar-refractivity contribution in [1.82, 2.24) is 4.90 Å². The number of hydrogen-bond acceptors (Lipinski definition) is 8. The van der Waals surface area contributed by atoms with Gasteiger partial charge in [0, 0.05) is 67.1 Å². The second-order valence-corrected chi connectivity index (χ2v) is 13.3. The summed E-state index contributed by atoms with van der Waals surface area (Å²) in [5, 5.41) is 11.2. The van der Waals surface area contributed by atoms with Gasteiger partial charge in [-0.3, -0.25) is 19.7 Å². The fourth-order valence-electron chi connectivity index (χ4n) is 6.74. The lowest BCUT2D eigenvalue weighted by Crippen LogP contribution is -2.45. The van der Waals surface area contributed by atoms with E-state index in [9.17, 15) is 19.7 Å². The number of ether oxygens (including phenoxy) is 3. The number of carbonyl (C=O) groups excluding carboxylic acids is 2. The smallest absolute Gasteiger partial charge is 0.269 e. The minimum Gasteiger partial charge on any atom is -0.493 e. The molecule has 0 atom stereocenters. The Hall–Kier alpha value is -3.98. The van der Waals surface area contributed by atoms with Crippen molar-refractivity contribution < 1.29 is 28.7 Å². The minimum atomic E-state index is -0.504. The number of Topliss-reactive ketones (excluding diaryl/α,β-unsaturated/α-hetero) is 2. The summed E-state index contributed by atoms with van der Waals surface area (Å²) in [4.78, 5) is 40.9. The Kier molecular flexibility index (Phi) is 8.22. The number of nitro groups is 1. The highest BCUT2D eigenvalue weighted by Gasteiger charge is 2.49. The summed E-state index contributed by atoms with van der Waals surface area (Å²) in [6.07, 6.45) is 2.26. The van der Waals surface area contributed by atoms with E-state index in [2.05, 4.69) is 32.6 Å². The molecule has 0 unspecified atom stereocenters. The Morgan fingerprint density at radius 3 is 2.07 bits per heavy atom. The highest BCUT2D eigenvalue weighted by Crippen LogP contribution is 2.54. The minimum absolute atomic E-state index is 0.00549. The zero-order valence-corrected chi connectivity index (χ0v) is 25.8. The molecule has 9 nitrogen and oxygen atoms in total. The summed E-state index contributed by atoms with van der Waals surface area (Å²) < 4.78 is 17.2. The van der Waals surface area contributed by atoms with E-state index < -0.39 is 10.8 Å². The van der Waals surface area contributed by atoms with E-state index in [0.29, 0.717) is 54.2 Å². The van der Waals surface area contributed by atoms with Crippen LogP contribution >= 0.6 is 0 Å². The first-order valence-electron chi connectivity index (χ1n) is 14.7. The van der Waals surface area contributed by atoms with Crippen LogP contribution in [0.25, 0.3) is 0 Å². The number of nitro benzene ring substituents is 1. The van der Waals surface area contributed by atoms with Crippen LogP contribution in [0.1, 0.15) is 70.4 Å². The molecule has 0 fully saturated rings. The average molecular weight is 589 g/mol. The van der Waals surface area contributed by atoms with Gasteiger partial charge in [0.15, 0.2) is 23.1 Å². The highest BCUT2D eigenvalue weighted by molar-refractivity contribution is 6.06. The van der Waals surface area contributed by atoms with Gasteiger partial charge in [-0.15, -0.1) is 0 Å². The quantitative estimate of drug-likeness (QED) is 0.241. The third-order valence-electron chi connectivity index (χ3n) is 8.58. The van der Waals surface area contributed by atoms with Gasteiger partial charge in [0.25, 0.3) is 5.69 Å². The zero-order valence-electron chi connectivity index (χ0n) is 25.8. The van der Waals surface area contributed by atoms with Crippen LogP contribution in [0, 0.1) is 20.9 Å². The van der Waals surface area contributed by atoms with E-state index >= 15 is 0 Å². The van der Waals surface area contributed by atoms with Crippen LogP contribution < -0.4 is 9.47 Å². The van der Waals surface area contributed by atoms with Gasteiger partial charge in [0.2, 0.25) is 0 Å². The SMILES string of the molecule is COCCN1C2=C(C(=O)CC(C)(C)C2)C(c2ccc(OCc3cccc([N+](=O)[O-])c3)c(OC)c2)C2=C1CC(C)(C)CC2=O. The van der Waals surface area contributed by atoms with Crippen LogP contribution in [-0.2, 0) is 20.9 Å². The summed E-state index contributed by atoms with van der Waals surface area (Å²) in [5.41, 5.74) is 4.37. The second-order valence-electron chi connectivity index (χ2n) is 13.3. The van der Waals surface area contributed by atoms with Gasteiger partial charge >= 0.3 is 0 Å². The number of ketones is 2. The number of rotatable bonds is 9. The van der Waals surface area contributed by atoms with Crippen LogP contribution in [0.3, 0.4) is 0 Å². The first-order valence-corrected chi connectivity index (χ1v) is 14.7. The molecule has 1 heterocycles. The Morgan fingerprint density at radius 1 is 0.884 bits per heavy atom. The van der Waals surface area contributed by atoms with Crippen LogP contribution in [0.2, 0.25) is 0 Å². The molecule has 0 saturated carbocycles. The normalized spacial score (nSPS) is 19.7. The fraction of sp³-hybridized carbons (Fsp3) is 0.471. The van der Waals surface area contributed by atoms with Crippen LogP contribution in [0.5, 0.6) is 11.5 Å². The van der Waals surface area contributed by atoms with Crippen molar-refractivity contribution in [2.75, 3.05) is 27.4 Å². The maximum absolute atomic E-state index is 14.0. The lowest BCUT2D eigenvalue weighted by molar-refractivity contribution is -0.384. The Labute approximate surface area is 252 Å². The predicted octanol–water partition coefficient (Wildman–Crippen LogP) is 6.51. The molecule has 0 N–H and O–H groups in total. The van der Waals surface area contributed by atoms with E-state index in [0.717, 1.165) is 29.8 Å². The first-order chi connectivity index (χ1) is 20.3. The number of hydrogen-bond donors (Lipinski definition) is 0. The molecule has 0 amide bonds. The molecule has 0 spiro atoms. The van der Waals surface area contributed by atoms with Crippen molar-refractivity contribution in [2.45, 2.75) is 65.9 Å². The molecule has 2 aromatic carbocycles. The van der Waals surface area contributed by atoms with Gasteiger partial charge in [0.1, 0.15) is 6.61 Å². The molecule has 228 valence electrons. The summed E-state index contributed by atoms with van der Waals surface area (Å²) in [6.45, 7) is 9.64. The molecule has 43 heavy (non-hydrogen) atoms. The van der Waals surface area contributed by atoms with Crippen molar-refractivity contribution >= 4 is 17.3 Å². The van der Waals surface area contributed by atoms with Gasteiger partial charge < -0.3 is 19.1 Å². The maximum atomic E-state index is 14.0. The van der Waals surface area contributed by atoms with Gasteiger partial charge in [-0.2, -0.15) is 0 Å². The van der Waals surface area contributed by atoms with E-state index in [-0.39, 0.29) is 34.7 Å². The molecule has 0 bridgehead atoms. The molecular weight excluding hydrogens is 548 g/mol. The monoisotopic (exact) mass is 588 g/mol. The Balaban J connectivity index is 1.59. The molecule has 0 aromatic heterocycles. The molecule has 9 heteroatoms. The summed E-state index contributed by atoms with van der Waals surface area (Å²) in [5.74, 6) is 0.545. The van der Waals surface area contributed by atoms with Crippen molar-refractivity contribution in [1.29, 1.82) is 0 Å². The van der Waals surface area contributed by atoms with Crippen molar-refractivity contribution in [3.05, 3.63) is 86.2 Å². The lowest BCUT2D eigenvalue weighted by atomic mass is 9.63. The van der Waals surface area contributed by atoms with Crippen molar-refractivity contribution in [2.24, 2.45) is 10.8 Å². The molecule has 1 aliphatic heterocycles. The van der Waals surface area contributed by atoms with Gasteiger partial charge in [-0.1, -0.05) is 45.9 Å². The molecule has 3 aliphatic rings. The van der Waals surface area contributed by atoms with Crippen LogP contribution in [-0.4, -0.2) is 48.8 Å². The maximum Gasteiger partial charge on any atom is 0.269 e. The van der Waals surface area contributed by atoms with Gasteiger partial charge in [-0.05, 0) is 46.9 Å². The summed E-state index contributed by atoms with van der Waals surface area (Å²) >= 11 is 0. The average Bonchev–Trinajstić information content (AvgIpc) is 2.93. The Morgan fingerprint density at radius 2 is 1.51 bits per heavy atom. The lowest BCUT2D eigenvalue weighted by Gasteiger charge is -2.49. The molecule has 5 rings (SSSR count). The fourth-order valence-corrected chi connectivity index (χ4v) is 6.74. The van der Waals surface area contributed by atoms with Gasteiger partial charge in [-0.25, -0.2) is 0 Å². The molecule has 2 aromatic rings. The number of nitrogens with zero attached hydrogens (tertiary/aromatic N) is 2.